The van der Waals surface area contributed by atoms with Gasteiger partial charge in [-0.3, -0.25) is 14.9 Å². The van der Waals surface area contributed by atoms with Gasteiger partial charge in [0.2, 0.25) is 0 Å². The molecule has 0 radical (unpaired) electrons. The van der Waals surface area contributed by atoms with Crippen LogP contribution in [0.15, 0.2) is 41.8 Å². The highest BCUT2D eigenvalue weighted by Crippen LogP contribution is 2.18. The van der Waals surface area contributed by atoms with E-state index in [0.717, 1.165) is 4.88 Å². The molecule has 110 valence electrons. The molecule has 1 atom stereocenters. The van der Waals surface area contributed by atoms with Gasteiger partial charge in [-0.15, -0.1) is 11.3 Å². The molecule has 1 amide bonds. The zero-order valence-corrected chi connectivity index (χ0v) is 12.1. The van der Waals surface area contributed by atoms with Gasteiger partial charge in [-0.1, -0.05) is 6.07 Å². The number of carbonyl (C=O) groups excluding carboxylic acids is 1. The van der Waals surface area contributed by atoms with Gasteiger partial charge in [0.05, 0.1) is 11.5 Å². The van der Waals surface area contributed by atoms with E-state index in [4.69, 9.17) is 4.74 Å². The zero-order valence-electron chi connectivity index (χ0n) is 11.3. The first-order valence-corrected chi connectivity index (χ1v) is 7.15. The number of ether oxygens (including phenoxy) is 1. The SMILES string of the molecule is CC(Oc1ccc([N+](=O)[O-])cc1)C(=O)NCc1cccs1. The quantitative estimate of drug-likeness (QED) is 0.657. The summed E-state index contributed by atoms with van der Waals surface area (Å²) >= 11 is 1.57. The van der Waals surface area contributed by atoms with Crippen molar-refractivity contribution in [3.63, 3.8) is 0 Å². The van der Waals surface area contributed by atoms with Crippen LogP contribution in [0.2, 0.25) is 0 Å². The Kier molecular flexibility index (Phi) is 4.89. The molecule has 1 aromatic heterocycles. The Hall–Kier alpha value is -2.41. The number of amides is 1. The summed E-state index contributed by atoms with van der Waals surface area (Å²) in [6, 6.07) is 9.48. The molecule has 0 aliphatic carbocycles. The summed E-state index contributed by atoms with van der Waals surface area (Å²) in [5, 5.41) is 15.3. The van der Waals surface area contributed by atoms with Crippen LogP contribution >= 0.6 is 11.3 Å². The minimum Gasteiger partial charge on any atom is -0.481 e. The van der Waals surface area contributed by atoms with E-state index in [1.165, 1.54) is 24.3 Å². The highest BCUT2D eigenvalue weighted by Gasteiger charge is 2.15. The van der Waals surface area contributed by atoms with Crippen molar-refractivity contribution in [1.82, 2.24) is 5.32 Å². The minimum atomic E-state index is -0.675. The van der Waals surface area contributed by atoms with Crippen molar-refractivity contribution in [2.45, 2.75) is 19.6 Å². The molecule has 0 saturated heterocycles. The van der Waals surface area contributed by atoms with Crippen molar-refractivity contribution in [3.05, 3.63) is 56.8 Å². The van der Waals surface area contributed by atoms with Gasteiger partial charge in [0.15, 0.2) is 6.10 Å². The average molecular weight is 306 g/mol. The highest BCUT2D eigenvalue weighted by atomic mass is 32.1. The maximum atomic E-state index is 11.9. The lowest BCUT2D eigenvalue weighted by Gasteiger charge is -2.14. The Balaban J connectivity index is 1.86. The molecule has 0 aliphatic rings. The fraction of sp³-hybridized carbons (Fsp3) is 0.214. The number of thiophene rings is 1. The van der Waals surface area contributed by atoms with E-state index in [2.05, 4.69) is 5.32 Å². The third kappa shape index (κ3) is 4.28. The van der Waals surface area contributed by atoms with Crippen LogP contribution in [-0.4, -0.2) is 16.9 Å². The van der Waals surface area contributed by atoms with E-state index in [0.29, 0.717) is 12.3 Å². The molecule has 1 N–H and O–H groups in total. The molecule has 2 aromatic rings. The van der Waals surface area contributed by atoms with Gasteiger partial charge in [-0.25, -0.2) is 0 Å². The van der Waals surface area contributed by atoms with Crippen LogP contribution in [-0.2, 0) is 11.3 Å². The second kappa shape index (κ2) is 6.85. The van der Waals surface area contributed by atoms with E-state index in [-0.39, 0.29) is 11.6 Å². The molecular formula is C14H14N2O4S. The van der Waals surface area contributed by atoms with Gasteiger partial charge >= 0.3 is 0 Å². The van der Waals surface area contributed by atoms with Crippen molar-refractivity contribution in [2.24, 2.45) is 0 Å². The Labute approximate surface area is 125 Å². The number of carbonyl (C=O) groups is 1. The Morgan fingerprint density at radius 3 is 2.67 bits per heavy atom. The molecule has 0 saturated carbocycles. The van der Waals surface area contributed by atoms with Crippen LogP contribution < -0.4 is 10.1 Å². The first-order chi connectivity index (χ1) is 10.1. The smallest absolute Gasteiger partial charge is 0.269 e. The largest absolute Gasteiger partial charge is 0.481 e. The monoisotopic (exact) mass is 306 g/mol. The van der Waals surface area contributed by atoms with Crippen LogP contribution in [0.1, 0.15) is 11.8 Å². The van der Waals surface area contributed by atoms with E-state index in [9.17, 15) is 14.9 Å². The molecule has 6 nitrogen and oxygen atoms in total. The number of nitro groups is 1. The molecule has 7 heteroatoms. The van der Waals surface area contributed by atoms with Crippen LogP contribution in [0.3, 0.4) is 0 Å². The standard InChI is InChI=1S/C14H14N2O4S/c1-10(14(17)15-9-13-3-2-8-21-13)20-12-6-4-11(5-7-12)16(18)19/h2-8,10H,9H2,1H3,(H,15,17). The van der Waals surface area contributed by atoms with Gasteiger partial charge in [0, 0.05) is 17.0 Å². The third-order valence-electron chi connectivity index (χ3n) is 2.75. The summed E-state index contributed by atoms with van der Waals surface area (Å²) in [7, 11) is 0. The molecule has 1 heterocycles. The first-order valence-electron chi connectivity index (χ1n) is 6.27. The highest BCUT2D eigenvalue weighted by molar-refractivity contribution is 7.09. The van der Waals surface area contributed by atoms with Gasteiger partial charge in [-0.2, -0.15) is 0 Å². The summed E-state index contributed by atoms with van der Waals surface area (Å²) in [6.45, 7) is 2.09. The molecule has 2 rings (SSSR count). The number of benzene rings is 1. The van der Waals surface area contributed by atoms with E-state index >= 15 is 0 Å². The van der Waals surface area contributed by atoms with Crippen LogP contribution in [0.25, 0.3) is 0 Å². The predicted octanol–water partition coefficient (Wildman–Crippen LogP) is 2.74. The fourth-order valence-electron chi connectivity index (χ4n) is 1.64. The average Bonchev–Trinajstić information content (AvgIpc) is 2.98. The first kappa shape index (κ1) is 15.0. The number of non-ortho nitro benzene ring substituents is 1. The number of nitrogens with zero attached hydrogens (tertiary/aromatic N) is 1. The normalized spacial score (nSPS) is 11.7. The summed E-state index contributed by atoms with van der Waals surface area (Å²) in [5.41, 5.74) is -0.0165. The molecule has 1 aromatic carbocycles. The molecule has 1 unspecified atom stereocenters. The number of hydrogen-bond acceptors (Lipinski definition) is 5. The van der Waals surface area contributed by atoms with Crippen molar-refractivity contribution >= 4 is 22.9 Å². The Morgan fingerprint density at radius 2 is 2.10 bits per heavy atom. The lowest BCUT2D eigenvalue weighted by molar-refractivity contribution is -0.384. The third-order valence-corrected chi connectivity index (χ3v) is 3.62. The Bertz CT molecular complexity index is 610. The second-order valence-electron chi connectivity index (χ2n) is 4.31. The van der Waals surface area contributed by atoms with E-state index in [1.807, 2.05) is 17.5 Å². The maximum Gasteiger partial charge on any atom is 0.269 e. The van der Waals surface area contributed by atoms with Crippen molar-refractivity contribution in [3.8, 4) is 5.75 Å². The van der Waals surface area contributed by atoms with Crippen LogP contribution in [0.5, 0.6) is 5.75 Å². The molecular weight excluding hydrogens is 292 g/mol. The van der Waals surface area contributed by atoms with Gasteiger partial charge < -0.3 is 10.1 Å². The second-order valence-corrected chi connectivity index (χ2v) is 5.34. The number of hydrogen-bond donors (Lipinski definition) is 1. The summed E-state index contributed by atoms with van der Waals surface area (Å²) in [6.07, 6.45) is -0.675. The van der Waals surface area contributed by atoms with E-state index < -0.39 is 11.0 Å². The fourth-order valence-corrected chi connectivity index (χ4v) is 2.28. The van der Waals surface area contributed by atoms with Crippen molar-refractivity contribution in [1.29, 1.82) is 0 Å². The molecule has 0 bridgehead atoms. The minimum absolute atomic E-state index is 0.0165. The summed E-state index contributed by atoms with van der Waals surface area (Å²) in [5.74, 6) is 0.182. The van der Waals surface area contributed by atoms with Gasteiger partial charge in [-0.05, 0) is 30.5 Å². The summed E-state index contributed by atoms with van der Waals surface area (Å²) < 4.78 is 5.45. The molecule has 21 heavy (non-hydrogen) atoms. The van der Waals surface area contributed by atoms with Crippen LogP contribution in [0.4, 0.5) is 5.69 Å². The maximum absolute atomic E-state index is 11.9. The topological polar surface area (TPSA) is 81.5 Å². The molecule has 0 spiro atoms. The van der Waals surface area contributed by atoms with E-state index in [1.54, 1.807) is 18.3 Å². The van der Waals surface area contributed by atoms with Crippen molar-refractivity contribution in [2.75, 3.05) is 0 Å². The van der Waals surface area contributed by atoms with Gasteiger partial charge in [0.25, 0.3) is 11.6 Å². The Morgan fingerprint density at radius 1 is 1.38 bits per heavy atom. The summed E-state index contributed by atoms with van der Waals surface area (Å²) in [4.78, 5) is 23.0. The van der Waals surface area contributed by atoms with Crippen molar-refractivity contribution < 1.29 is 14.5 Å². The number of nitrogens with one attached hydrogen (secondary N) is 1. The predicted molar refractivity (Wildman–Crippen MR) is 79.4 cm³/mol. The molecule has 0 fully saturated rings. The number of rotatable bonds is 6. The number of nitro benzene ring substituents is 1. The zero-order chi connectivity index (χ0) is 15.2. The van der Waals surface area contributed by atoms with Gasteiger partial charge in [0.1, 0.15) is 5.75 Å². The lowest BCUT2D eigenvalue weighted by atomic mass is 10.3. The lowest BCUT2D eigenvalue weighted by Crippen LogP contribution is -2.35. The van der Waals surface area contributed by atoms with Crippen LogP contribution in [0, 0.1) is 10.1 Å². The molecule has 0 aliphatic heterocycles.